The molecule has 3 aromatic rings. The SMILES string of the molecule is Cc1noc(C)c1S(=O)(=O)Nc1ccc2c(c1)CC(=O)N([C@H](C)CO)C[C@@H](C)[C@H](CN(C)C(=O)Nc1ccccc1)O2. The molecule has 4 rings (SSSR count). The number of fused-ring (bicyclic) bond motifs is 1. The molecule has 226 valence electrons. The van der Waals surface area contributed by atoms with E-state index in [9.17, 15) is 23.1 Å². The fourth-order valence-electron chi connectivity index (χ4n) is 4.87. The number of urea groups is 1. The van der Waals surface area contributed by atoms with E-state index in [1.54, 1.807) is 49.2 Å². The van der Waals surface area contributed by atoms with Crippen molar-refractivity contribution in [2.75, 3.05) is 36.8 Å². The van der Waals surface area contributed by atoms with E-state index < -0.39 is 22.2 Å². The summed E-state index contributed by atoms with van der Waals surface area (Å²) in [6, 6.07) is 13.0. The Bertz CT molecular complexity index is 1510. The molecule has 0 unspecified atom stereocenters. The van der Waals surface area contributed by atoms with Gasteiger partial charge in [0.25, 0.3) is 10.0 Å². The highest BCUT2D eigenvalue weighted by Crippen LogP contribution is 2.31. The number of ether oxygens (including phenoxy) is 1. The molecule has 0 bridgehead atoms. The number of nitrogens with zero attached hydrogens (tertiary/aromatic N) is 3. The highest BCUT2D eigenvalue weighted by atomic mass is 32.2. The van der Waals surface area contributed by atoms with Crippen LogP contribution in [0.1, 0.15) is 30.9 Å². The van der Waals surface area contributed by atoms with Gasteiger partial charge in [-0.3, -0.25) is 9.52 Å². The van der Waals surface area contributed by atoms with Crippen LogP contribution in [0.4, 0.5) is 16.2 Å². The number of aliphatic hydroxyl groups excluding tert-OH is 1. The van der Waals surface area contributed by atoms with Crippen molar-refractivity contribution in [3.63, 3.8) is 0 Å². The van der Waals surface area contributed by atoms with Crippen molar-refractivity contribution < 1.29 is 32.4 Å². The Hall–Kier alpha value is -4.10. The smallest absolute Gasteiger partial charge is 0.321 e. The number of carbonyl (C=O) groups excluding carboxylic acids is 2. The molecule has 0 aliphatic carbocycles. The largest absolute Gasteiger partial charge is 0.488 e. The van der Waals surface area contributed by atoms with E-state index in [1.807, 2.05) is 25.1 Å². The van der Waals surface area contributed by atoms with Gasteiger partial charge in [-0.05, 0) is 51.1 Å². The molecule has 3 atom stereocenters. The summed E-state index contributed by atoms with van der Waals surface area (Å²) in [6.45, 7) is 7.00. The lowest BCUT2D eigenvalue weighted by Crippen LogP contribution is -2.48. The summed E-state index contributed by atoms with van der Waals surface area (Å²) in [6.07, 6.45) is -0.607. The third-order valence-corrected chi connectivity index (χ3v) is 8.86. The number of aliphatic hydroxyl groups is 1. The average molecular weight is 600 g/mol. The van der Waals surface area contributed by atoms with Crippen molar-refractivity contribution in [2.45, 2.75) is 51.2 Å². The van der Waals surface area contributed by atoms with E-state index in [4.69, 9.17) is 9.26 Å². The molecule has 3 amide bonds. The highest BCUT2D eigenvalue weighted by Gasteiger charge is 2.32. The summed E-state index contributed by atoms with van der Waals surface area (Å²) >= 11 is 0. The van der Waals surface area contributed by atoms with Crippen LogP contribution in [-0.4, -0.2) is 79.3 Å². The molecule has 0 saturated heterocycles. The topological polar surface area (TPSA) is 154 Å². The van der Waals surface area contributed by atoms with Crippen molar-refractivity contribution >= 4 is 33.3 Å². The standard InChI is InChI=1S/C29H37N5O7S/c1-18-15-34(19(2)17-35)27(36)14-22-13-24(32-42(38,39)28-20(3)31-41-21(28)4)11-12-25(22)40-26(18)16-33(5)29(37)30-23-9-7-6-8-10-23/h6-13,18-19,26,32,35H,14-17H2,1-5H3,(H,30,37)/t18-,19-,26+/m1/s1. The van der Waals surface area contributed by atoms with Gasteiger partial charge in [-0.1, -0.05) is 30.3 Å². The van der Waals surface area contributed by atoms with Crippen LogP contribution in [-0.2, 0) is 21.2 Å². The molecule has 1 aliphatic heterocycles. The van der Waals surface area contributed by atoms with Crippen molar-refractivity contribution in [2.24, 2.45) is 5.92 Å². The molecule has 13 heteroatoms. The monoisotopic (exact) mass is 599 g/mol. The Morgan fingerprint density at radius 3 is 2.55 bits per heavy atom. The van der Waals surface area contributed by atoms with Gasteiger partial charge in [0.2, 0.25) is 5.91 Å². The third-order valence-electron chi connectivity index (χ3n) is 7.23. The number of likely N-dealkylation sites (N-methyl/N-ethyl adjacent to an activating group) is 1. The lowest BCUT2D eigenvalue weighted by molar-refractivity contribution is -0.134. The Morgan fingerprint density at radius 2 is 1.90 bits per heavy atom. The number of anilines is 2. The number of rotatable bonds is 8. The maximum Gasteiger partial charge on any atom is 0.321 e. The number of sulfonamides is 1. The van der Waals surface area contributed by atoms with Crippen LogP contribution >= 0.6 is 0 Å². The van der Waals surface area contributed by atoms with Crippen molar-refractivity contribution in [3.8, 4) is 5.75 Å². The Balaban J connectivity index is 1.63. The van der Waals surface area contributed by atoms with Gasteiger partial charge >= 0.3 is 6.03 Å². The van der Waals surface area contributed by atoms with Crippen molar-refractivity contribution in [1.29, 1.82) is 0 Å². The van der Waals surface area contributed by atoms with Crippen LogP contribution in [0.15, 0.2) is 57.9 Å². The summed E-state index contributed by atoms with van der Waals surface area (Å²) in [4.78, 5) is 29.5. The van der Waals surface area contributed by atoms with E-state index in [1.165, 1.54) is 18.7 Å². The molecule has 0 radical (unpaired) electrons. The Labute approximate surface area is 245 Å². The van der Waals surface area contributed by atoms with Gasteiger partial charge in [-0.2, -0.15) is 0 Å². The fourth-order valence-corrected chi connectivity index (χ4v) is 6.25. The zero-order chi connectivity index (χ0) is 30.6. The molecule has 12 nitrogen and oxygen atoms in total. The number of nitrogens with one attached hydrogen (secondary N) is 2. The normalized spacial score (nSPS) is 18.1. The second-order valence-corrected chi connectivity index (χ2v) is 12.3. The van der Waals surface area contributed by atoms with E-state index in [0.29, 0.717) is 23.5 Å². The molecule has 0 spiro atoms. The predicted octanol–water partition coefficient (Wildman–Crippen LogP) is 3.41. The van der Waals surface area contributed by atoms with Crippen LogP contribution in [0.5, 0.6) is 5.75 Å². The summed E-state index contributed by atoms with van der Waals surface area (Å²) in [7, 11) is -2.36. The molecule has 2 heterocycles. The summed E-state index contributed by atoms with van der Waals surface area (Å²) < 4.78 is 40.2. The minimum atomic E-state index is -4.02. The molecule has 0 saturated carbocycles. The number of para-hydroxylation sites is 1. The molecular formula is C29H37N5O7S. The Kier molecular flexibility index (Phi) is 9.42. The number of amides is 3. The summed E-state index contributed by atoms with van der Waals surface area (Å²) in [5, 5.41) is 16.5. The molecule has 42 heavy (non-hydrogen) atoms. The summed E-state index contributed by atoms with van der Waals surface area (Å²) in [5.74, 6) is 0.0939. The van der Waals surface area contributed by atoms with Gasteiger partial charge in [0.15, 0.2) is 10.7 Å². The van der Waals surface area contributed by atoms with Crippen LogP contribution in [0.3, 0.4) is 0 Å². The first kappa shape index (κ1) is 30.8. The van der Waals surface area contributed by atoms with Crippen molar-refractivity contribution in [3.05, 3.63) is 65.5 Å². The van der Waals surface area contributed by atoms with E-state index >= 15 is 0 Å². The maximum atomic E-state index is 13.5. The number of carbonyl (C=O) groups is 2. The second-order valence-electron chi connectivity index (χ2n) is 10.6. The van der Waals surface area contributed by atoms with E-state index in [2.05, 4.69) is 15.2 Å². The predicted molar refractivity (Wildman–Crippen MR) is 157 cm³/mol. The van der Waals surface area contributed by atoms with Crippen LogP contribution < -0.4 is 14.8 Å². The molecule has 0 fully saturated rings. The molecule has 1 aromatic heterocycles. The maximum absolute atomic E-state index is 13.5. The minimum absolute atomic E-state index is 0.0491. The Morgan fingerprint density at radius 1 is 1.19 bits per heavy atom. The average Bonchev–Trinajstić information content (AvgIpc) is 3.31. The number of hydrogen-bond donors (Lipinski definition) is 3. The number of benzene rings is 2. The molecule has 2 aromatic carbocycles. The zero-order valence-electron chi connectivity index (χ0n) is 24.3. The highest BCUT2D eigenvalue weighted by molar-refractivity contribution is 7.92. The molecule has 3 N–H and O–H groups in total. The van der Waals surface area contributed by atoms with Gasteiger partial charge in [-0.25, -0.2) is 13.2 Å². The number of aryl methyl sites for hydroxylation is 2. The fraction of sp³-hybridized carbons (Fsp3) is 0.414. The molecular weight excluding hydrogens is 562 g/mol. The van der Waals surface area contributed by atoms with E-state index in [-0.39, 0.29) is 59.5 Å². The van der Waals surface area contributed by atoms with Crippen LogP contribution in [0, 0.1) is 19.8 Å². The van der Waals surface area contributed by atoms with Gasteiger partial charge in [0, 0.05) is 36.4 Å². The van der Waals surface area contributed by atoms with Gasteiger partial charge < -0.3 is 29.5 Å². The van der Waals surface area contributed by atoms with Gasteiger partial charge in [0.05, 0.1) is 25.6 Å². The first-order valence-electron chi connectivity index (χ1n) is 13.6. The van der Waals surface area contributed by atoms with Gasteiger partial charge in [-0.15, -0.1) is 0 Å². The van der Waals surface area contributed by atoms with Crippen LogP contribution in [0.25, 0.3) is 0 Å². The van der Waals surface area contributed by atoms with E-state index in [0.717, 1.165) is 0 Å². The minimum Gasteiger partial charge on any atom is -0.488 e. The first-order valence-corrected chi connectivity index (χ1v) is 15.1. The quantitative estimate of drug-likeness (QED) is 0.356. The zero-order valence-corrected chi connectivity index (χ0v) is 25.1. The lowest BCUT2D eigenvalue weighted by Gasteiger charge is -2.34. The van der Waals surface area contributed by atoms with Crippen LogP contribution in [0.2, 0.25) is 0 Å². The summed E-state index contributed by atoms with van der Waals surface area (Å²) in [5.41, 5.74) is 1.58. The second kappa shape index (κ2) is 12.8. The number of hydrogen-bond acceptors (Lipinski definition) is 8. The van der Waals surface area contributed by atoms with Crippen molar-refractivity contribution in [1.82, 2.24) is 15.0 Å². The van der Waals surface area contributed by atoms with Gasteiger partial charge in [0.1, 0.15) is 17.5 Å². The molecule has 1 aliphatic rings. The number of aromatic nitrogens is 1. The lowest BCUT2D eigenvalue weighted by atomic mass is 10.0. The first-order chi connectivity index (χ1) is 19.9. The third kappa shape index (κ3) is 7.02.